The number of carbonyl (C=O) groups is 2. The van der Waals surface area contributed by atoms with Crippen molar-refractivity contribution in [2.45, 2.75) is 43.4 Å². The zero-order valence-corrected chi connectivity index (χ0v) is 12.8. The highest BCUT2D eigenvalue weighted by Crippen LogP contribution is 2.14. The summed E-state index contributed by atoms with van der Waals surface area (Å²) in [6.45, 7) is 7.08. The minimum absolute atomic E-state index is 0.0549. The Balaban J connectivity index is 2.92. The van der Waals surface area contributed by atoms with Crippen LogP contribution < -0.4 is 5.32 Å². The lowest BCUT2D eigenvalue weighted by Crippen LogP contribution is -2.46. The van der Waals surface area contributed by atoms with E-state index in [-0.39, 0.29) is 11.5 Å². The minimum Gasteiger partial charge on any atom is -0.478 e. The standard InChI is InChI=1S/C14H19NO4S/c1-9(12(16)15-14(2,3)4)20(19)11-7-5-6-10(8-11)13(17)18/h5-9H,1-4H3,(H,15,16)(H,17,18). The Morgan fingerprint density at radius 2 is 1.90 bits per heavy atom. The molecule has 0 heterocycles. The summed E-state index contributed by atoms with van der Waals surface area (Å²) in [5.41, 5.74) is -0.349. The smallest absolute Gasteiger partial charge is 0.335 e. The zero-order chi connectivity index (χ0) is 15.5. The van der Waals surface area contributed by atoms with Gasteiger partial charge < -0.3 is 10.4 Å². The molecule has 5 nitrogen and oxygen atoms in total. The monoisotopic (exact) mass is 297 g/mol. The number of hydrogen-bond acceptors (Lipinski definition) is 3. The summed E-state index contributed by atoms with van der Waals surface area (Å²) in [7, 11) is -1.60. The van der Waals surface area contributed by atoms with Crippen LogP contribution in [0.4, 0.5) is 0 Å². The number of carboxylic acids is 1. The van der Waals surface area contributed by atoms with Gasteiger partial charge in [0.05, 0.1) is 16.4 Å². The molecule has 0 saturated heterocycles. The molecule has 0 aliphatic rings. The van der Waals surface area contributed by atoms with E-state index in [0.717, 1.165) is 0 Å². The molecular weight excluding hydrogens is 278 g/mol. The number of amides is 1. The van der Waals surface area contributed by atoms with Crippen molar-refractivity contribution < 1.29 is 18.9 Å². The van der Waals surface area contributed by atoms with Gasteiger partial charge in [0.15, 0.2) is 0 Å². The van der Waals surface area contributed by atoms with Crippen molar-refractivity contribution >= 4 is 22.7 Å². The van der Waals surface area contributed by atoms with Crippen LogP contribution in [0.3, 0.4) is 0 Å². The molecule has 2 N–H and O–H groups in total. The number of aromatic carboxylic acids is 1. The van der Waals surface area contributed by atoms with E-state index >= 15 is 0 Å². The number of nitrogens with one attached hydrogen (secondary N) is 1. The lowest BCUT2D eigenvalue weighted by atomic mass is 10.1. The van der Waals surface area contributed by atoms with Crippen molar-refractivity contribution in [3.63, 3.8) is 0 Å². The molecule has 110 valence electrons. The third-order valence-electron chi connectivity index (χ3n) is 2.50. The first-order chi connectivity index (χ1) is 9.11. The van der Waals surface area contributed by atoms with E-state index in [1.54, 1.807) is 13.0 Å². The normalized spacial score (nSPS) is 14.4. The van der Waals surface area contributed by atoms with Gasteiger partial charge in [0.25, 0.3) is 0 Å². The third kappa shape index (κ3) is 4.45. The molecule has 0 fully saturated rings. The molecule has 0 aliphatic heterocycles. The molecule has 1 amide bonds. The van der Waals surface area contributed by atoms with Crippen LogP contribution in [0, 0.1) is 0 Å². The number of carbonyl (C=O) groups excluding carboxylic acids is 1. The Morgan fingerprint density at radius 3 is 2.40 bits per heavy atom. The third-order valence-corrected chi connectivity index (χ3v) is 4.08. The SMILES string of the molecule is CC(C(=O)NC(C)(C)C)S(=O)c1cccc(C(=O)O)c1. The van der Waals surface area contributed by atoms with Crippen LogP contribution >= 0.6 is 0 Å². The molecule has 1 aromatic rings. The van der Waals surface area contributed by atoms with E-state index in [0.29, 0.717) is 4.90 Å². The van der Waals surface area contributed by atoms with Crippen LogP contribution in [0.5, 0.6) is 0 Å². The quantitative estimate of drug-likeness (QED) is 0.887. The highest BCUT2D eigenvalue weighted by Gasteiger charge is 2.25. The summed E-state index contributed by atoms with van der Waals surface area (Å²) < 4.78 is 12.3. The summed E-state index contributed by atoms with van der Waals surface area (Å²) in [4.78, 5) is 23.2. The topological polar surface area (TPSA) is 83.5 Å². The van der Waals surface area contributed by atoms with Gasteiger partial charge in [-0.1, -0.05) is 6.07 Å². The first kappa shape index (κ1) is 16.4. The Kier molecular flexibility index (Phi) is 5.05. The summed E-state index contributed by atoms with van der Waals surface area (Å²) in [6.07, 6.45) is 0. The van der Waals surface area contributed by atoms with Crippen molar-refractivity contribution in [2.75, 3.05) is 0 Å². The average molecular weight is 297 g/mol. The fourth-order valence-electron chi connectivity index (χ4n) is 1.53. The average Bonchev–Trinajstić information content (AvgIpc) is 2.35. The van der Waals surface area contributed by atoms with Crippen LogP contribution in [0.1, 0.15) is 38.1 Å². The fraction of sp³-hybridized carbons (Fsp3) is 0.429. The van der Waals surface area contributed by atoms with Gasteiger partial charge >= 0.3 is 5.97 Å². The predicted octanol–water partition coefficient (Wildman–Crippen LogP) is 1.80. The summed E-state index contributed by atoms with van der Waals surface area (Å²) in [6, 6.07) is 5.83. The molecule has 0 saturated carbocycles. The molecular formula is C14H19NO4S. The first-order valence-electron chi connectivity index (χ1n) is 6.18. The van der Waals surface area contributed by atoms with Gasteiger partial charge in [-0.05, 0) is 45.9 Å². The van der Waals surface area contributed by atoms with Crippen molar-refractivity contribution in [1.29, 1.82) is 0 Å². The van der Waals surface area contributed by atoms with Crippen LogP contribution in [0.25, 0.3) is 0 Å². The summed E-state index contributed by atoms with van der Waals surface area (Å²) in [5, 5.41) is 10.9. The van der Waals surface area contributed by atoms with Gasteiger partial charge in [-0.15, -0.1) is 0 Å². The maximum Gasteiger partial charge on any atom is 0.335 e. The highest BCUT2D eigenvalue weighted by molar-refractivity contribution is 7.86. The maximum absolute atomic E-state index is 12.3. The van der Waals surface area contributed by atoms with E-state index in [4.69, 9.17) is 5.11 Å². The van der Waals surface area contributed by atoms with Crippen molar-refractivity contribution in [3.8, 4) is 0 Å². The number of rotatable bonds is 4. The zero-order valence-electron chi connectivity index (χ0n) is 12.0. The van der Waals surface area contributed by atoms with E-state index < -0.39 is 27.6 Å². The Bertz CT molecular complexity index is 548. The van der Waals surface area contributed by atoms with Crippen molar-refractivity contribution in [2.24, 2.45) is 0 Å². The Morgan fingerprint density at radius 1 is 1.30 bits per heavy atom. The van der Waals surface area contributed by atoms with Crippen molar-refractivity contribution in [1.82, 2.24) is 5.32 Å². The fourth-order valence-corrected chi connectivity index (χ4v) is 2.64. The lowest BCUT2D eigenvalue weighted by molar-refractivity contribution is -0.121. The molecule has 0 aromatic heterocycles. The second-order valence-corrected chi connectivity index (χ2v) is 7.29. The van der Waals surface area contributed by atoms with Crippen LogP contribution in [-0.4, -0.2) is 32.0 Å². The molecule has 1 rings (SSSR count). The van der Waals surface area contributed by atoms with E-state index in [1.165, 1.54) is 18.2 Å². The van der Waals surface area contributed by atoms with Gasteiger partial charge in [0.2, 0.25) is 5.91 Å². The summed E-state index contributed by atoms with van der Waals surface area (Å²) >= 11 is 0. The van der Waals surface area contributed by atoms with E-state index in [9.17, 15) is 13.8 Å². The van der Waals surface area contributed by atoms with Gasteiger partial charge in [0.1, 0.15) is 5.25 Å². The van der Waals surface area contributed by atoms with Gasteiger partial charge in [-0.2, -0.15) is 0 Å². The molecule has 0 radical (unpaired) electrons. The number of carboxylic acid groups (broad SMARTS) is 1. The molecule has 0 spiro atoms. The molecule has 20 heavy (non-hydrogen) atoms. The molecule has 2 unspecified atom stereocenters. The number of hydrogen-bond donors (Lipinski definition) is 2. The van der Waals surface area contributed by atoms with E-state index in [1.807, 2.05) is 20.8 Å². The molecule has 6 heteroatoms. The second kappa shape index (κ2) is 6.17. The Hall–Kier alpha value is -1.69. The number of benzene rings is 1. The molecule has 1 aromatic carbocycles. The van der Waals surface area contributed by atoms with E-state index in [2.05, 4.69) is 5.32 Å². The van der Waals surface area contributed by atoms with Gasteiger partial charge in [0, 0.05) is 10.4 Å². The predicted molar refractivity (Wildman–Crippen MR) is 77.2 cm³/mol. The van der Waals surface area contributed by atoms with Gasteiger partial charge in [-0.3, -0.25) is 9.00 Å². The maximum atomic E-state index is 12.3. The molecule has 0 bridgehead atoms. The van der Waals surface area contributed by atoms with Gasteiger partial charge in [-0.25, -0.2) is 4.79 Å². The molecule has 2 atom stereocenters. The first-order valence-corrected chi connectivity index (χ1v) is 7.39. The molecule has 0 aliphatic carbocycles. The van der Waals surface area contributed by atoms with Crippen molar-refractivity contribution in [3.05, 3.63) is 29.8 Å². The van der Waals surface area contributed by atoms with Crippen LogP contribution in [0.2, 0.25) is 0 Å². The minimum atomic E-state index is -1.60. The highest BCUT2D eigenvalue weighted by atomic mass is 32.2. The largest absolute Gasteiger partial charge is 0.478 e. The second-order valence-electron chi connectivity index (χ2n) is 5.51. The lowest BCUT2D eigenvalue weighted by Gasteiger charge is -2.23. The van der Waals surface area contributed by atoms with Crippen LogP contribution in [-0.2, 0) is 15.6 Å². The summed E-state index contributed by atoms with van der Waals surface area (Å²) in [5.74, 6) is -1.41. The van der Waals surface area contributed by atoms with Crippen LogP contribution in [0.15, 0.2) is 29.2 Å². The Labute approximate surface area is 120 Å².